The van der Waals surface area contributed by atoms with Crippen molar-refractivity contribution in [2.75, 3.05) is 18.0 Å². The first-order valence-corrected chi connectivity index (χ1v) is 7.20. The van der Waals surface area contributed by atoms with Crippen molar-refractivity contribution in [3.8, 4) is 11.3 Å². The van der Waals surface area contributed by atoms with Gasteiger partial charge in [0.25, 0.3) is 0 Å². The lowest BCUT2D eigenvalue weighted by atomic mass is 10.1. The molecule has 1 aromatic carbocycles. The molecule has 4 nitrogen and oxygen atoms in total. The van der Waals surface area contributed by atoms with Gasteiger partial charge in [0.15, 0.2) is 5.82 Å². The average Bonchev–Trinajstić information content (AvgIpc) is 2.47. The van der Waals surface area contributed by atoms with E-state index in [1.807, 2.05) is 36.4 Å². The van der Waals surface area contributed by atoms with Crippen LogP contribution in [0.3, 0.4) is 0 Å². The van der Waals surface area contributed by atoms with Crippen LogP contribution in [0.5, 0.6) is 0 Å². The Morgan fingerprint density at radius 2 is 2.10 bits per heavy atom. The molecule has 1 unspecified atom stereocenters. The van der Waals surface area contributed by atoms with E-state index in [0.717, 1.165) is 43.0 Å². The average molecular weight is 289 g/mol. The third-order valence-corrected chi connectivity index (χ3v) is 3.79. The van der Waals surface area contributed by atoms with E-state index < -0.39 is 0 Å². The molecule has 1 fully saturated rings. The molecule has 2 aromatic rings. The summed E-state index contributed by atoms with van der Waals surface area (Å²) in [7, 11) is 0. The highest BCUT2D eigenvalue weighted by Crippen LogP contribution is 2.22. The number of halogens is 1. The van der Waals surface area contributed by atoms with Gasteiger partial charge in [-0.05, 0) is 37.1 Å². The van der Waals surface area contributed by atoms with Crippen molar-refractivity contribution in [2.24, 2.45) is 5.73 Å². The summed E-state index contributed by atoms with van der Waals surface area (Å²) in [4.78, 5) is 2.20. The van der Waals surface area contributed by atoms with Crippen molar-refractivity contribution < 1.29 is 0 Å². The van der Waals surface area contributed by atoms with Gasteiger partial charge in [-0.25, -0.2) is 0 Å². The van der Waals surface area contributed by atoms with Crippen LogP contribution >= 0.6 is 11.6 Å². The van der Waals surface area contributed by atoms with Crippen molar-refractivity contribution in [3.63, 3.8) is 0 Å². The summed E-state index contributed by atoms with van der Waals surface area (Å²) in [6, 6.07) is 11.8. The van der Waals surface area contributed by atoms with Crippen LogP contribution in [0.15, 0.2) is 36.4 Å². The number of benzene rings is 1. The molecule has 104 valence electrons. The van der Waals surface area contributed by atoms with E-state index in [4.69, 9.17) is 17.3 Å². The van der Waals surface area contributed by atoms with E-state index >= 15 is 0 Å². The Hall–Kier alpha value is -1.65. The minimum Gasteiger partial charge on any atom is -0.354 e. The number of piperidine rings is 1. The van der Waals surface area contributed by atoms with Gasteiger partial charge < -0.3 is 10.6 Å². The first kappa shape index (κ1) is 13.3. The Morgan fingerprint density at radius 1 is 1.20 bits per heavy atom. The molecule has 0 spiro atoms. The summed E-state index contributed by atoms with van der Waals surface area (Å²) < 4.78 is 0. The minimum absolute atomic E-state index is 0.234. The summed E-state index contributed by atoms with van der Waals surface area (Å²) in [5.74, 6) is 0.894. The molecular formula is C15H17ClN4. The van der Waals surface area contributed by atoms with Crippen molar-refractivity contribution in [1.82, 2.24) is 10.2 Å². The maximum absolute atomic E-state index is 6.00. The second kappa shape index (κ2) is 5.77. The molecule has 0 radical (unpaired) electrons. The first-order chi connectivity index (χ1) is 9.72. The summed E-state index contributed by atoms with van der Waals surface area (Å²) in [5.41, 5.74) is 7.81. The Labute approximate surface area is 123 Å². The third kappa shape index (κ3) is 2.92. The van der Waals surface area contributed by atoms with Gasteiger partial charge >= 0.3 is 0 Å². The zero-order valence-electron chi connectivity index (χ0n) is 11.2. The topological polar surface area (TPSA) is 55.0 Å². The lowest BCUT2D eigenvalue weighted by Crippen LogP contribution is -2.43. The molecule has 2 heterocycles. The molecule has 1 aliphatic rings. The van der Waals surface area contributed by atoms with Gasteiger partial charge in [-0.2, -0.15) is 0 Å². The van der Waals surface area contributed by atoms with Crippen LogP contribution < -0.4 is 10.6 Å². The zero-order chi connectivity index (χ0) is 13.9. The lowest BCUT2D eigenvalue weighted by Gasteiger charge is -2.31. The van der Waals surface area contributed by atoms with E-state index in [1.165, 1.54) is 0 Å². The number of anilines is 1. The quantitative estimate of drug-likeness (QED) is 0.923. The van der Waals surface area contributed by atoms with Crippen LogP contribution in [0.25, 0.3) is 11.3 Å². The molecule has 2 N–H and O–H groups in total. The monoisotopic (exact) mass is 288 g/mol. The van der Waals surface area contributed by atoms with Gasteiger partial charge in [0.1, 0.15) is 0 Å². The number of aromatic nitrogens is 2. The number of nitrogens with zero attached hydrogens (tertiary/aromatic N) is 3. The molecule has 0 amide bonds. The molecule has 3 rings (SSSR count). The van der Waals surface area contributed by atoms with Crippen molar-refractivity contribution in [1.29, 1.82) is 0 Å². The highest BCUT2D eigenvalue weighted by Gasteiger charge is 2.18. The first-order valence-electron chi connectivity index (χ1n) is 6.82. The lowest BCUT2D eigenvalue weighted by molar-refractivity contribution is 0.502. The Balaban J connectivity index is 1.80. The van der Waals surface area contributed by atoms with E-state index in [2.05, 4.69) is 15.1 Å². The van der Waals surface area contributed by atoms with Gasteiger partial charge in [0.05, 0.1) is 5.69 Å². The molecule has 1 aromatic heterocycles. The van der Waals surface area contributed by atoms with E-state index in [1.54, 1.807) is 0 Å². The van der Waals surface area contributed by atoms with Crippen LogP contribution in [-0.4, -0.2) is 29.3 Å². The Kier molecular flexibility index (Phi) is 3.85. The van der Waals surface area contributed by atoms with Gasteiger partial charge in [0.2, 0.25) is 0 Å². The Morgan fingerprint density at radius 3 is 2.80 bits per heavy atom. The minimum atomic E-state index is 0.234. The van der Waals surface area contributed by atoms with Crippen molar-refractivity contribution in [2.45, 2.75) is 18.9 Å². The molecule has 1 saturated heterocycles. The highest BCUT2D eigenvalue weighted by molar-refractivity contribution is 6.30. The maximum atomic E-state index is 6.00. The molecule has 0 bridgehead atoms. The van der Waals surface area contributed by atoms with Gasteiger partial charge in [0, 0.05) is 29.7 Å². The number of hydrogen-bond acceptors (Lipinski definition) is 4. The molecular weight excluding hydrogens is 272 g/mol. The molecule has 20 heavy (non-hydrogen) atoms. The van der Waals surface area contributed by atoms with Crippen LogP contribution in [0.2, 0.25) is 5.02 Å². The predicted octanol–water partition coefficient (Wildman–Crippen LogP) is 2.72. The van der Waals surface area contributed by atoms with E-state index in [9.17, 15) is 0 Å². The normalized spacial score (nSPS) is 19.1. The zero-order valence-corrected chi connectivity index (χ0v) is 11.9. The molecule has 0 saturated carbocycles. The molecule has 0 aliphatic carbocycles. The van der Waals surface area contributed by atoms with E-state index in [0.29, 0.717) is 5.02 Å². The summed E-state index contributed by atoms with van der Waals surface area (Å²) in [5, 5.41) is 9.32. The second-order valence-corrected chi connectivity index (χ2v) is 5.57. The number of hydrogen-bond donors (Lipinski definition) is 1. The summed E-state index contributed by atoms with van der Waals surface area (Å²) in [6.45, 7) is 1.85. The van der Waals surface area contributed by atoms with Gasteiger partial charge in [-0.1, -0.05) is 23.7 Å². The van der Waals surface area contributed by atoms with Crippen LogP contribution in [0, 0.1) is 0 Å². The van der Waals surface area contributed by atoms with Crippen LogP contribution in [0.4, 0.5) is 5.82 Å². The largest absolute Gasteiger partial charge is 0.354 e. The van der Waals surface area contributed by atoms with Crippen LogP contribution in [0.1, 0.15) is 12.8 Å². The van der Waals surface area contributed by atoms with Crippen molar-refractivity contribution >= 4 is 17.4 Å². The smallest absolute Gasteiger partial charge is 0.151 e. The predicted molar refractivity (Wildman–Crippen MR) is 81.9 cm³/mol. The van der Waals surface area contributed by atoms with Crippen LogP contribution in [-0.2, 0) is 0 Å². The third-order valence-electron chi connectivity index (χ3n) is 3.55. The SMILES string of the molecule is NC1CCCN(c2ccc(-c3cccc(Cl)c3)nn2)C1. The fraction of sp³-hybridized carbons (Fsp3) is 0.333. The maximum Gasteiger partial charge on any atom is 0.151 e. The van der Waals surface area contributed by atoms with E-state index in [-0.39, 0.29) is 6.04 Å². The van der Waals surface area contributed by atoms with Gasteiger partial charge in [-0.3, -0.25) is 0 Å². The Bertz CT molecular complexity index is 585. The highest BCUT2D eigenvalue weighted by atomic mass is 35.5. The fourth-order valence-corrected chi connectivity index (χ4v) is 2.70. The fourth-order valence-electron chi connectivity index (χ4n) is 2.51. The standard InChI is InChI=1S/C15H17ClN4/c16-12-4-1-3-11(9-12)14-6-7-15(19-18-14)20-8-2-5-13(17)10-20/h1,3-4,6-7,9,13H,2,5,8,10,17H2. The molecule has 5 heteroatoms. The second-order valence-electron chi connectivity index (χ2n) is 5.14. The van der Waals surface area contributed by atoms with Gasteiger partial charge in [-0.15, -0.1) is 10.2 Å². The summed E-state index contributed by atoms with van der Waals surface area (Å²) in [6.07, 6.45) is 2.20. The van der Waals surface area contributed by atoms with Crippen molar-refractivity contribution in [3.05, 3.63) is 41.4 Å². The number of rotatable bonds is 2. The molecule has 1 atom stereocenters. The number of nitrogens with two attached hydrogens (primary N) is 1. The molecule has 1 aliphatic heterocycles. The summed E-state index contributed by atoms with van der Waals surface area (Å²) >= 11 is 5.99.